The Morgan fingerprint density at radius 1 is 1.22 bits per heavy atom. The van der Waals surface area contributed by atoms with Crippen molar-refractivity contribution in [1.82, 2.24) is 0 Å². The van der Waals surface area contributed by atoms with Crippen LogP contribution in [0.25, 0.3) is 0 Å². The summed E-state index contributed by atoms with van der Waals surface area (Å²) in [5.74, 6) is 1.38. The highest BCUT2D eigenvalue weighted by Gasteiger charge is 2.38. The zero-order valence-corrected chi connectivity index (χ0v) is 11.9. The van der Waals surface area contributed by atoms with Crippen LogP contribution in [0.15, 0.2) is 24.3 Å². The average molecular weight is 248 g/mol. The van der Waals surface area contributed by atoms with Gasteiger partial charge in [-0.25, -0.2) is 0 Å². The summed E-state index contributed by atoms with van der Waals surface area (Å²) >= 11 is 0. The average Bonchev–Trinajstić information content (AvgIpc) is 2.27. The minimum absolute atomic E-state index is 0.111. The van der Waals surface area contributed by atoms with Gasteiger partial charge in [-0.1, -0.05) is 39.0 Å². The molecule has 0 saturated heterocycles. The second kappa shape index (κ2) is 4.58. The first-order chi connectivity index (χ1) is 8.31. The van der Waals surface area contributed by atoms with E-state index in [1.807, 2.05) is 25.1 Å². The summed E-state index contributed by atoms with van der Waals surface area (Å²) < 4.78 is 5.67. The van der Waals surface area contributed by atoms with Crippen molar-refractivity contribution < 1.29 is 9.84 Å². The highest BCUT2D eigenvalue weighted by molar-refractivity contribution is 5.38. The molecule has 2 heteroatoms. The molecule has 0 saturated carbocycles. The Morgan fingerprint density at radius 2 is 1.89 bits per heavy atom. The van der Waals surface area contributed by atoms with Crippen LogP contribution in [-0.4, -0.2) is 17.3 Å². The molecule has 1 heterocycles. The SMILES string of the molecule is CC(C)(C)C(C)(O)CC1CCOc2ccccc21. The first-order valence-electron chi connectivity index (χ1n) is 6.75. The van der Waals surface area contributed by atoms with Crippen molar-refractivity contribution in [2.24, 2.45) is 5.41 Å². The molecule has 1 N–H and O–H groups in total. The Morgan fingerprint density at radius 3 is 2.56 bits per heavy atom. The Hall–Kier alpha value is -1.02. The van der Waals surface area contributed by atoms with Gasteiger partial charge in [0.05, 0.1) is 12.2 Å². The number of rotatable bonds is 2. The van der Waals surface area contributed by atoms with Gasteiger partial charge in [-0.05, 0) is 42.7 Å². The van der Waals surface area contributed by atoms with E-state index in [2.05, 4.69) is 26.8 Å². The minimum atomic E-state index is -0.665. The van der Waals surface area contributed by atoms with Gasteiger partial charge in [0, 0.05) is 0 Å². The molecule has 0 aromatic heterocycles. The predicted molar refractivity (Wildman–Crippen MR) is 74.0 cm³/mol. The molecule has 1 aliphatic heterocycles. The highest BCUT2D eigenvalue weighted by Crippen LogP contribution is 2.43. The van der Waals surface area contributed by atoms with Gasteiger partial charge >= 0.3 is 0 Å². The van der Waals surface area contributed by atoms with Crippen molar-refractivity contribution in [2.45, 2.75) is 52.1 Å². The van der Waals surface area contributed by atoms with E-state index in [4.69, 9.17) is 4.74 Å². The van der Waals surface area contributed by atoms with E-state index >= 15 is 0 Å². The lowest BCUT2D eigenvalue weighted by Crippen LogP contribution is -2.41. The number of hydrogen-bond donors (Lipinski definition) is 1. The molecule has 0 radical (unpaired) electrons. The maximum atomic E-state index is 10.7. The van der Waals surface area contributed by atoms with E-state index < -0.39 is 5.60 Å². The molecule has 2 rings (SSSR count). The zero-order valence-electron chi connectivity index (χ0n) is 11.9. The van der Waals surface area contributed by atoms with E-state index in [9.17, 15) is 5.11 Å². The van der Waals surface area contributed by atoms with E-state index in [0.29, 0.717) is 5.92 Å². The predicted octanol–water partition coefficient (Wildman–Crippen LogP) is 3.74. The van der Waals surface area contributed by atoms with Crippen LogP contribution in [0, 0.1) is 5.41 Å². The number of para-hydroxylation sites is 1. The molecule has 0 spiro atoms. The standard InChI is InChI=1S/C16H24O2/c1-15(2,3)16(4,17)11-12-9-10-18-14-8-6-5-7-13(12)14/h5-8,12,17H,9-11H2,1-4H3. The van der Waals surface area contributed by atoms with Crippen molar-refractivity contribution in [1.29, 1.82) is 0 Å². The Labute approximate surface area is 110 Å². The maximum Gasteiger partial charge on any atom is 0.122 e. The molecule has 1 aliphatic rings. The lowest BCUT2D eigenvalue weighted by atomic mass is 9.71. The molecule has 0 amide bonds. The Kier molecular flexibility index (Phi) is 3.41. The molecule has 1 aromatic rings. The molecule has 0 aliphatic carbocycles. The summed E-state index contributed by atoms with van der Waals surface area (Å²) in [4.78, 5) is 0. The largest absolute Gasteiger partial charge is 0.493 e. The lowest BCUT2D eigenvalue weighted by Gasteiger charge is -2.40. The third-order valence-corrected chi connectivity index (χ3v) is 4.34. The molecule has 2 unspecified atom stereocenters. The monoisotopic (exact) mass is 248 g/mol. The number of benzene rings is 1. The lowest BCUT2D eigenvalue weighted by molar-refractivity contribution is -0.0552. The van der Waals surface area contributed by atoms with Crippen LogP contribution in [0.1, 0.15) is 52.0 Å². The van der Waals surface area contributed by atoms with E-state index in [-0.39, 0.29) is 5.41 Å². The number of fused-ring (bicyclic) bond motifs is 1. The van der Waals surface area contributed by atoms with Crippen LogP contribution >= 0.6 is 0 Å². The summed E-state index contributed by atoms with van der Waals surface area (Å²) in [5.41, 5.74) is 0.468. The van der Waals surface area contributed by atoms with Crippen molar-refractivity contribution >= 4 is 0 Å². The summed E-state index contributed by atoms with van der Waals surface area (Å²) in [7, 11) is 0. The molecule has 2 atom stereocenters. The molecule has 100 valence electrons. The van der Waals surface area contributed by atoms with Gasteiger partial charge in [0.25, 0.3) is 0 Å². The molecule has 1 aromatic carbocycles. The normalized spacial score (nSPS) is 22.8. The first-order valence-corrected chi connectivity index (χ1v) is 6.75. The zero-order chi connectivity index (χ0) is 13.4. The van der Waals surface area contributed by atoms with Gasteiger partial charge in [0.2, 0.25) is 0 Å². The van der Waals surface area contributed by atoms with Crippen LogP contribution in [0.2, 0.25) is 0 Å². The van der Waals surface area contributed by atoms with Crippen molar-refractivity contribution in [3.63, 3.8) is 0 Å². The fourth-order valence-electron chi connectivity index (χ4n) is 2.41. The third kappa shape index (κ3) is 2.54. The Bertz CT molecular complexity index is 415. The summed E-state index contributed by atoms with van der Waals surface area (Å²) in [6.45, 7) is 8.99. The van der Waals surface area contributed by atoms with E-state index in [0.717, 1.165) is 25.2 Å². The van der Waals surface area contributed by atoms with Crippen molar-refractivity contribution in [3.05, 3.63) is 29.8 Å². The smallest absolute Gasteiger partial charge is 0.122 e. The summed E-state index contributed by atoms with van der Waals surface area (Å²) in [6.07, 6.45) is 1.78. The van der Waals surface area contributed by atoms with Crippen molar-refractivity contribution in [2.75, 3.05) is 6.61 Å². The van der Waals surface area contributed by atoms with Crippen LogP contribution in [0.4, 0.5) is 0 Å². The van der Waals surface area contributed by atoms with Crippen molar-refractivity contribution in [3.8, 4) is 5.75 Å². The summed E-state index contributed by atoms with van der Waals surface area (Å²) in [6, 6.07) is 8.20. The van der Waals surface area contributed by atoms with Gasteiger partial charge in [-0.2, -0.15) is 0 Å². The number of hydrogen-bond acceptors (Lipinski definition) is 2. The van der Waals surface area contributed by atoms with Gasteiger partial charge in [0.15, 0.2) is 0 Å². The first kappa shape index (κ1) is 13.4. The van der Waals surface area contributed by atoms with Gasteiger partial charge < -0.3 is 9.84 Å². The summed E-state index contributed by atoms with van der Waals surface area (Å²) in [5, 5.41) is 10.7. The van der Waals surface area contributed by atoms with Crippen LogP contribution in [-0.2, 0) is 0 Å². The quantitative estimate of drug-likeness (QED) is 0.864. The third-order valence-electron chi connectivity index (χ3n) is 4.34. The van der Waals surface area contributed by atoms with E-state index in [1.54, 1.807) is 0 Å². The molecule has 18 heavy (non-hydrogen) atoms. The Balaban J connectivity index is 2.22. The van der Waals surface area contributed by atoms with E-state index in [1.165, 1.54) is 5.56 Å². The molecular weight excluding hydrogens is 224 g/mol. The number of ether oxygens (including phenoxy) is 1. The van der Waals surface area contributed by atoms with Gasteiger partial charge in [-0.15, -0.1) is 0 Å². The van der Waals surface area contributed by atoms with Gasteiger partial charge in [-0.3, -0.25) is 0 Å². The molecular formula is C16H24O2. The van der Waals surface area contributed by atoms with Gasteiger partial charge in [0.1, 0.15) is 5.75 Å². The second-order valence-corrected chi connectivity index (χ2v) is 6.60. The maximum absolute atomic E-state index is 10.7. The van der Waals surface area contributed by atoms with Crippen LogP contribution < -0.4 is 4.74 Å². The topological polar surface area (TPSA) is 29.5 Å². The molecule has 0 fully saturated rings. The second-order valence-electron chi connectivity index (χ2n) is 6.60. The van der Waals surface area contributed by atoms with Crippen LogP contribution in [0.3, 0.4) is 0 Å². The number of aliphatic hydroxyl groups is 1. The highest BCUT2D eigenvalue weighted by atomic mass is 16.5. The molecule has 0 bridgehead atoms. The van der Waals surface area contributed by atoms with Crippen LogP contribution in [0.5, 0.6) is 5.75 Å². The fourth-order valence-corrected chi connectivity index (χ4v) is 2.41. The minimum Gasteiger partial charge on any atom is -0.493 e. The molecule has 2 nitrogen and oxygen atoms in total. The fraction of sp³-hybridized carbons (Fsp3) is 0.625.